The molecule has 0 spiro atoms. The van der Waals surface area contributed by atoms with Crippen LogP contribution in [0.4, 0.5) is 5.13 Å². The van der Waals surface area contributed by atoms with Gasteiger partial charge in [0.2, 0.25) is 0 Å². The van der Waals surface area contributed by atoms with E-state index in [2.05, 4.69) is 15.8 Å². The predicted molar refractivity (Wildman–Crippen MR) is 82.8 cm³/mol. The smallest absolute Gasteiger partial charge is 0.255 e. The zero-order valence-corrected chi connectivity index (χ0v) is 13.5. The van der Waals surface area contributed by atoms with Crippen LogP contribution in [0.25, 0.3) is 0 Å². The van der Waals surface area contributed by atoms with E-state index in [0.717, 1.165) is 11.3 Å². The van der Waals surface area contributed by atoms with Crippen molar-refractivity contribution in [1.82, 2.24) is 4.98 Å². The van der Waals surface area contributed by atoms with Crippen LogP contribution in [-0.2, 0) is 15.4 Å². The third kappa shape index (κ3) is 3.40. The van der Waals surface area contributed by atoms with Crippen molar-refractivity contribution >= 4 is 26.5 Å². The van der Waals surface area contributed by atoms with Crippen molar-refractivity contribution in [1.29, 1.82) is 5.26 Å². The number of nitrogens with zero attached hydrogens (tertiary/aromatic N) is 2. The molecule has 7 heteroatoms. The van der Waals surface area contributed by atoms with E-state index in [4.69, 9.17) is 5.26 Å². The molecule has 0 fully saturated rings. The molecule has 0 aliphatic carbocycles. The molecule has 0 unspecified atom stereocenters. The van der Waals surface area contributed by atoms with Gasteiger partial charge in [0, 0.05) is 5.41 Å². The number of thiazole rings is 1. The summed E-state index contributed by atoms with van der Waals surface area (Å²) in [5.74, 6) is 0. The Labute approximate surface area is 128 Å². The van der Waals surface area contributed by atoms with Crippen LogP contribution in [0.15, 0.2) is 35.2 Å². The average molecular weight is 321 g/mol. The molecule has 2 rings (SSSR count). The zero-order valence-electron chi connectivity index (χ0n) is 11.9. The minimum absolute atomic E-state index is 0.163. The molecular weight excluding hydrogens is 306 g/mol. The van der Waals surface area contributed by atoms with Crippen molar-refractivity contribution in [3.8, 4) is 6.07 Å². The molecule has 0 radical (unpaired) electrons. The maximum absolute atomic E-state index is 12.2. The summed E-state index contributed by atoms with van der Waals surface area (Å²) < 4.78 is 26.9. The van der Waals surface area contributed by atoms with Gasteiger partial charge >= 0.3 is 0 Å². The predicted octanol–water partition coefficient (Wildman–Crippen LogP) is 3.11. The van der Waals surface area contributed by atoms with Crippen molar-refractivity contribution in [2.75, 3.05) is 4.72 Å². The lowest BCUT2D eigenvalue weighted by Crippen LogP contribution is -2.15. The van der Waals surface area contributed by atoms with Gasteiger partial charge in [-0.05, 0) is 12.1 Å². The normalized spacial score (nSPS) is 11.9. The van der Waals surface area contributed by atoms with E-state index in [0.29, 0.717) is 10.6 Å². The molecule has 0 saturated carbocycles. The number of benzene rings is 1. The summed E-state index contributed by atoms with van der Waals surface area (Å²) >= 11 is 1.05. The molecule has 0 bridgehead atoms. The standard InChI is InChI=1S/C14H15N3O2S2/c1-14(2,3)12-11(9-15)20-13(16-12)17-21(18,19)10-7-5-4-6-8-10/h4-8H,1-3H3,(H,16,17). The molecule has 1 aromatic heterocycles. The van der Waals surface area contributed by atoms with Gasteiger partial charge in [0.1, 0.15) is 10.9 Å². The second-order valence-corrected chi connectivity index (χ2v) is 8.16. The first-order valence-corrected chi connectivity index (χ1v) is 8.53. The van der Waals surface area contributed by atoms with Crippen molar-refractivity contribution in [2.24, 2.45) is 0 Å². The molecule has 0 amide bonds. The van der Waals surface area contributed by atoms with E-state index >= 15 is 0 Å². The second kappa shape index (κ2) is 5.47. The fourth-order valence-electron chi connectivity index (χ4n) is 1.72. The Morgan fingerprint density at radius 1 is 1.24 bits per heavy atom. The van der Waals surface area contributed by atoms with Crippen molar-refractivity contribution in [3.05, 3.63) is 40.9 Å². The Bertz CT molecular complexity index is 782. The highest BCUT2D eigenvalue weighted by atomic mass is 32.2. The van der Waals surface area contributed by atoms with Crippen molar-refractivity contribution in [3.63, 3.8) is 0 Å². The number of hydrogen-bond acceptors (Lipinski definition) is 5. The summed E-state index contributed by atoms with van der Waals surface area (Å²) in [5.41, 5.74) is 0.277. The molecule has 0 aliphatic rings. The lowest BCUT2D eigenvalue weighted by molar-refractivity contribution is 0.571. The van der Waals surface area contributed by atoms with Gasteiger partial charge in [0.05, 0.1) is 10.6 Å². The Hall–Kier alpha value is -1.91. The number of anilines is 1. The minimum atomic E-state index is -3.68. The van der Waals surface area contributed by atoms with Gasteiger partial charge < -0.3 is 0 Å². The highest BCUT2D eigenvalue weighted by Crippen LogP contribution is 2.32. The Balaban J connectivity index is 2.38. The van der Waals surface area contributed by atoms with Crippen molar-refractivity contribution in [2.45, 2.75) is 31.1 Å². The topological polar surface area (TPSA) is 82.8 Å². The van der Waals surface area contributed by atoms with Gasteiger partial charge in [0.15, 0.2) is 5.13 Å². The zero-order chi connectivity index (χ0) is 15.7. The van der Waals surface area contributed by atoms with Crippen molar-refractivity contribution < 1.29 is 8.42 Å². The van der Waals surface area contributed by atoms with E-state index in [1.165, 1.54) is 12.1 Å². The van der Waals surface area contributed by atoms with Crippen LogP contribution in [0.5, 0.6) is 0 Å². The van der Waals surface area contributed by atoms with E-state index < -0.39 is 10.0 Å². The first-order chi connectivity index (χ1) is 9.74. The summed E-state index contributed by atoms with van der Waals surface area (Å²) in [4.78, 5) is 4.86. The molecule has 110 valence electrons. The Morgan fingerprint density at radius 3 is 2.33 bits per heavy atom. The van der Waals surface area contributed by atoms with E-state index in [1.54, 1.807) is 18.2 Å². The molecule has 0 aliphatic heterocycles. The van der Waals surface area contributed by atoms with Crippen LogP contribution in [0.2, 0.25) is 0 Å². The van der Waals surface area contributed by atoms with Crippen LogP contribution in [0, 0.1) is 11.3 Å². The van der Waals surface area contributed by atoms with Crippen LogP contribution >= 0.6 is 11.3 Å². The monoisotopic (exact) mass is 321 g/mol. The van der Waals surface area contributed by atoms with Gasteiger partial charge in [-0.15, -0.1) is 0 Å². The number of hydrogen-bond donors (Lipinski definition) is 1. The summed E-state index contributed by atoms with van der Waals surface area (Å²) in [5, 5.41) is 9.36. The van der Waals surface area contributed by atoms with Gasteiger partial charge in [-0.3, -0.25) is 4.72 Å². The molecule has 1 aromatic carbocycles. The summed E-state index contributed by atoms with van der Waals surface area (Å²) in [6.07, 6.45) is 0. The third-order valence-corrected chi connectivity index (χ3v) is 5.07. The summed E-state index contributed by atoms with van der Waals surface area (Å²) in [6.45, 7) is 5.79. The molecule has 0 saturated heterocycles. The SMILES string of the molecule is CC(C)(C)c1nc(NS(=O)(=O)c2ccccc2)sc1C#N. The summed E-state index contributed by atoms with van der Waals surface area (Å²) in [6, 6.07) is 10.1. The van der Waals surface area contributed by atoms with Gasteiger partial charge in [-0.1, -0.05) is 50.3 Å². The van der Waals surface area contributed by atoms with E-state index in [9.17, 15) is 8.42 Å². The molecule has 1 heterocycles. The van der Waals surface area contributed by atoms with Gasteiger partial charge in [-0.25, -0.2) is 13.4 Å². The number of aromatic nitrogens is 1. The largest absolute Gasteiger partial charge is 0.263 e. The lowest BCUT2D eigenvalue weighted by atomic mass is 9.91. The number of sulfonamides is 1. The highest BCUT2D eigenvalue weighted by Gasteiger charge is 2.25. The Kier molecular flexibility index (Phi) is 4.03. The van der Waals surface area contributed by atoms with Crippen LogP contribution in [-0.4, -0.2) is 13.4 Å². The van der Waals surface area contributed by atoms with Gasteiger partial charge in [-0.2, -0.15) is 5.26 Å². The molecule has 21 heavy (non-hydrogen) atoms. The molecular formula is C14H15N3O2S2. The number of nitrogens with one attached hydrogen (secondary N) is 1. The molecule has 2 aromatic rings. The molecule has 1 N–H and O–H groups in total. The fourth-order valence-corrected chi connectivity index (χ4v) is 3.95. The lowest BCUT2D eigenvalue weighted by Gasteiger charge is -2.15. The first-order valence-electron chi connectivity index (χ1n) is 6.23. The number of nitriles is 1. The molecule has 5 nitrogen and oxygen atoms in total. The van der Waals surface area contributed by atoms with Crippen LogP contribution < -0.4 is 4.72 Å². The Morgan fingerprint density at radius 2 is 1.86 bits per heavy atom. The summed E-state index contributed by atoms with van der Waals surface area (Å²) in [7, 11) is -3.68. The quantitative estimate of drug-likeness (QED) is 0.941. The maximum Gasteiger partial charge on any atom is 0.263 e. The minimum Gasteiger partial charge on any atom is -0.255 e. The third-order valence-electron chi connectivity index (χ3n) is 2.71. The van der Waals surface area contributed by atoms with E-state index in [-0.39, 0.29) is 15.4 Å². The average Bonchev–Trinajstić information content (AvgIpc) is 2.82. The molecule has 0 atom stereocenters. The maximum atomic E-state index is 12.2. The van der Waals surface area contributed by atoms with E-state index in [1.807, 2.05) is 20.8 Å². The first kappa shape index (κ1) is 15.5. The van der Waals surface area contributed by atoms with Crippen LogP contribution in [0.1, 0.15) is 31.3 Å². The second-order valence-electron chi connectivity index (χ2n) is 5.48. The fraction of sp³-hybridized carbons (Fsp3) is 0.286. The highest BCUT2D eigenvalue weighted by molar-refractivity contribution is 7.93. The van der Waals surface area contributed by atoms with Crippen LogP contribution in [0.3, 0.4) is 0 Å². The van der Waals surface area contributed by atoms with Gasteiger partial charge in [0.25, 0.3) is 10.0 Å². The number of rotatable bonds is 3.